The lowest BCUT2D eigenvalue weighted by Crippen LogP contribution is -2.62. The van der Waals surface area contributed by atoms with Gasteiger partial charge in [-0.25, -0.2) is 0 Å². The first kappa shape index (κ1) is 73.6. The Balaban J connectivity index is 4.24. The summed E-state index contributed by atoms with van der Waals surface area (Å²) in [5, 5.41) is 13.6. The van der Waals surface area contributed by atoms with E-state index in [4.69, 9.17) is 4.99 Å². The van der Waals surface area contributed by atoms with Crippen molar-refractivity contribution in [2.45, 2.75) is 380 Å². The molecular weight excluding hydrogens is 945 g/mol. The highest BCUT2D eigenvalue weighted by Gasteiger charge is 2.58. The molecule has 0 aromatic carbocycles. The summed E-state index contributed by atoms with van der Waals surface area (Å²) in [5.41, 5.74) is -1.66. The number of allylic oxidation sites excluding steroid dienone is 7. The van der Waals surface area contributed by atoms with Crippen molar-refractivity contribution in [2.75, 3.05) is 6.54 Å². The number of hydrogen-bond acceptors (Lipinski definition) is 3. The van der Waals surface area contributed by atoms with Gasteiger partial charge in [0.05, 0.1) is 16.7 Å². The van der Waals surface area contributed by atoms with Gasteiger partial charge in [-0.3, -0.25) is 4.99 Å². The Bertz CT molecular complexity index is 1460. The fraction of sp³-hybridized carbons (Fsp3) is 0.800. The molecule has 0 unspecified atom stereocenters. The zero-order chi connectivity index (χ0) is 56.6. The van der Waals surface area contributed by atoms with Crippen LogP contribution >= 0.6 is 0 Å². The van der Waals surface area contributed by atoms with Gasteiger partial charge in [0.1, 0.15) is 5.84 Å². The molecule has 0 aromatic heterocycles. The molecule has 0 aliphatic carbocycles. The summed E-state index contributed by atoms with van der Waals surface area (Å²) in [6.45, 7) is 16.8. The summed E-state index contributed by atoms with van der Waals surface area (Å²) >= 11 is 0. The van der Waals surface area contributed by atoms with Crippen LogP contribution in [0.4, 0.5) is 0 Å². The molecule has 0 fully saturated rings. The number of rotatable bonds is 58. The van der Waals surface area contributed by atoms with Gasteiger partial charge in [0.2, 0.25) is 0 Å². The Morgan fingerprint density at radius 3 is 0.872 bits per heavy atom. The van der Waals surface area contributed by atoms with E-state index in [1.54, 1.807) is 0 Å². The van der Waals surface area contributed by atoms with Gasteiger partial charge >= 0.3 is 0 Å². The molecule has 1 heterocycles. The van der Waals surface area contributed by atoms with Crippen molar-refractivity contribution in [2.24, 2.45) is 4.99 Å². The van der Waals surface area contributed by atoms with Crippen molar-refractivity contribution in [3.8, 4) is 0 Å². The Morgan fingerprint density at radius 1 is 0.321 bits per heavy atom. The van der Waals surface area contributed by atoms with Crippen molar-refractivity contribution in [3.63, 3.8) is 0 Å². The van der Waals surface area contributed by atoms with Crippen LogP contribution in [0, 0.1) is 0 Å². The first-order chi connectivity index (χ1) is 38.4. The third kappa shape index (κ3) is 36.9. The lowest BCUT2D eigenvalue weighted by Gasteiger charge is -2.51. The van der Waals surface area contributed by atoms with Crippen LogP contribution in [0.2, 0.25) is 0 Å². The van der Waals surface area contributed by atoms with Gasteiger partial charge in [-0.2, -0.15) is 0 Å². The van der Waals surface area contributed by atoms with Crippen molar-refractivity contribution in [1.82, 2.24) is 4.90 Å². The van der Waals surface area contributed by atoms with Crippen LogP contribution in [0.3, 0.4) is 0 Å². The second kappa shape index (κ2) is 53.9. The van der Waals surface area contributed by atoms with Crippen molar-refractivity contribution in [1.29, 1.82) is 0 Å². The molecule has 0 aromatic rings. The quantitative estimate of drug-likeness (QED) is 0.0487. The minimum Gasteiger partial charge on any atom is -0.387 e. The first-order valence-corrected chi connectivity index (χ1v) is 35.0. The van der Waals surface area contributed by atoms with E-state index >= 15 is 0 Å². The van der Waals surface area contributed by atoms with E-state index in [2.05, 4.69) is 138 Å². The summed E-state index contributed by atoms with van der Waals surface area (Å²) in [6, 6.07) is 0. The number of aliphatic hydroxyl groups is 1. The van der Waals surface area contributed by atoms with Crippen LogP contribution in [0.25, 0.3) is 0 Å². The Kier molecular flexibility index (Phi) is 50.9. The maximum Gasteiger partial charge on any atom is 0.104 e. The van der Waals surface area contributed by atoms with Gasteiger partial charge in [0.15, 0.2) is 0 Å². The highest BCUT2D eigenvalue weighted by atomic mass is 16.3. The van der Waals surface area contributed by atoms with Crippen LogP contribution in [0.1, 0.15) is 363 Å². The fourth-order valence-corrected chi connectivity index (χ4v) is 11.8. The molecule has 452 valence electrons. The molecule has 0 bridgehead atoms. The second-order valence-electron chi connectivity index (χ2n) is 24.6. The molecule has 0 amide bonds. The molecule has 0 radical (unpaired) electrons. The summed E-state index contributed by atoms with van der Waals surface area (Å²) < 4.78 is 0. The van der Waals surface area contributed by atoms with Gasteiger partial charge in [0.25, 0.3) is 0 Å². The van der Waals surface area contributed by atoms with E-state index in [1.807, 2.05) is 0 Å². The molecule has 0 spiro atoms. The summed E-state index contributed by atoms with van der Waals surface area (Å²) in [5.74, 6) is 1.21. The van der Waals surface area contributed by atoms with Crippen LogP contribution < -0.4 is 0 Å². The molecule has 1 N–H and O–H groups in total. The topological polar surface area (TPSA) is 35.8 Å². The highest BCUT2D eigenvalue weighted by molar-refractivity contribution is 5.88. The van der Waals surface area contributed by atoms with Gasteiger partial charge in [0, 0.05) is 13.0 Å². The monoisotopic (exact) mass is 1080 g/mol. The molecule has 78 heavy (non-hydrogen) atoms. The van der Waals surface area contributed by atoms with Gasteiger partial charge in [-0.15, -0.1) is 0 Å². The molecule has 0 saturated heterocycles. The Labute approximate surface area is 489 Å². The lowest BCUT2D eigenvalue weighted by molar-refractivity contribution is -0.0116. The highest BCUT2D eigenvalue weighted by Crippen LogP contribution is 2.51. The van der Waals surface area contributed by atoms with E-state index in [0.29, 0.717) is 19.4 Å². The summed E-state index contributed by atoms with van der Waals surface area (Å²) in [6.07, 6.45) is 94.4. The van der Waals surface area contributed by atoms with Gasteiger partial charge in [-0.05, 0) is 128 Å². The van der Waals surface area contributed by atoms with Gasteiger partial charge < -0.3 is 10.0 Å². The van der Waals surface area contributed by atoms with E-state index < -0.39 is 5.60 Å². The largest absolute Gasteiger partial charge is 0.387 e. The molecule has 0 saturated carbocycles. The molecule has 0 atom stereocenters. The fourth-order valence-electron chi connectivity index (χ4n) is 11.8. The SMILES string of the molecule is CCCCCCC/C=C/CC1=NC(C/C=C/CCCCCCC)(C/C=C/CCCCCCC)C(C/C=C/CCCCCCC)(C/C=C/CCCCCCC)N1CC(O)(C/C=C/CCCCCCC)C/C=C/CCCCCCC. The molecule has 3 nitrogen and oxygen atoms in total. The van der Waals surface area contributed by atoms with E-state index in [0.717, 1.165) is 77.0 Å². The van der Waals surface area contributed by atoms with Crippen LogP contribution in [-0.2, 0) is 0 Å². The van der Waals surface area contributed by atoms with Crippen molar-refractivity contribution >= 4 is 5.84 Å². The molecule has 1 aliphatic rings. The van der Waals surface area contributed by atoms with Crippen molar-refractivity contribution < 1.29 is 5.11 Å². The van der Waals surface area contributed by atoms with E-state index in [1.165, 1.54) is 231 Å². The predicted molar refractivity (Wildman–Crippen MR) is 354 cm³/mol. The molecule has 3 heteroatoms. The number of β-amino-alcohol motifs (C(OH)–C–C–N with tert-alkyl or cyclic N) is 1. The number of aliphatic imine (C=N–C) groups is 1. The Morgan fingerprint density at radius 2 is 0.577 bits per heavy atom. The maximum absolute atomic E-state index is 13.6. The lowest BCUT2D eigenvalue weighted by atomic mass is 9.67. The maximum atomic E-state index is 13.6. The number of hydrogen-bond donors (Lipinski definition) is 1. The second-order valence-corrected chi connectivity index (χ2v) is 24.6. The van der Waals surface area contributed by atoms with Crippen LogP contribution in [-0.4, -0.2) is 39.1 Å². The standard InChI is InChI=1S/C75H136N2O/c1-8-15-22-29-36-43-50-57-64-72-76-74(67-60-53-46-39-32-25-18-11-4,68-61-54-47-40-33-26-19-12-5)75(69-62-55-48-41-34-27-20-13-6,70-63-56-49-42-35-28-21-14-7)77(72)71-73(78,65-58-51-44-37-30-23-16-9-2)66-59-52-45-38-31-24-17-10-3/h50-63,78H,8-49,64-71H2,1-7H3/b57-50+,58-51+,59-52+,60-53+,61-54+,62-55+,63-56+. The normalized spacial score (nSPS) is 15.1. The van der Waals surface area contributed by atoms with Crippen LogP contribution in [0.5, 0.6) is 0 Å². The predicted octanol–water partition coefficient (Wildman–Crippen LogP) is 25.1. The van der Waals surface area contributed by atoms with E-state index in [9.17, 15) is 5.11 Å². The average Bonchev–Trinajstić information content (AvgIpc) is 3.93. The zero-order valence-electron chi connectivity index (χ0n) is 53.8. The van der Waals surface area contributed by atoms with Gasteiger partial charge in [-0.1, -0.05) is 313 Å². The average molecular weight is 1080 g/mol. The minimum absolute atomic E-state index is 0.343. The third-order valence-electron chi connectivity index (χ3n) is 17.1. The van der Waals surface area contributed by atoms with E-state index in [-0.39, 0.29) is 11.1 Å². The molecule has 1 rings (SSSR count). The summed E-state index contributed by atoms with van der Waals surface area (Å²) in [4.78, 5) is 9.06. The Hall–Kier alpha value is -2.39. The number of unbranched alkanes of at least 4 members (excludes halogenated alkanes) is 35. The van der Waals surface area contributed by atoms with Crippen LogP contribution in [0.15, 0.2) is 90.1 Å². The molecule has 1 aliphatic heterocycles. The number of amidine groups is 1. The third-order valence-corrected chi connectivity index (χ3v) is 17.1. The zero-order valence-corrected chi connectivity index (χ0v) is 53.8. The smallest absolute Gasteiger partial charge is 0.104 e. The summed E-state index contributed by atoms with van der Waals surface area (Å²) in [7, 11) is 0. The first-order valence-electron chi connectivity index (χ1n) is 35.0. The van der Waals surface area contributed by atoms with Crippen molar-refractivity contribution in [3.05, 3.63) is 85.1 Å². The minimum atomic E-state index is -0.933. The number of nitrogens with zero attached hydrogens (tertiary/aromatic N) is 2. The molecular formula is C75H136N2O.